The first-order valence-corrected chi connectivity index (χ1v) is 13.0. The molecule has 2 fully saturated rings. The number of carbonyl (C=O) groups is 1. The Morgan fingerprint density at radius 3 is 2.63 bits per heavy atom. The fraction of sp³-hybridized carbons (Fsp3) is 0.517. The molecule has 35 heavy (non-hydrogen) atoms. The van der Waals surface area contributed by atoms with Gasteiger partial charge >= 0.3 is 0 Å². The van der Waals surface area contributed by atoms with Gasteiger partial charge in [-0.25, -0.2) is 9.38 Å². The molecule has 0 bridgehead atoms. The molecule has 0 aromatic heterocycles. The summed E-state index contributed by atoms with van der Waals surface area (Å²) < 4.78 is 19.6. The number of guanidine groups is 1. The summed E-state index contributed by atoms with van der Waals surface area (Å²) in [6.45, 7) is 0.223. The number of amides is 1. The number of aliphatic imine (C=N–C) groups is 1. The molecule has 4 aliphatic rings. The minimum atomic E-state index is -1.01. The number of hydrogen-bond acceptors (Lipinski definition) is 4. The van der Waals surface area contributed by atoms with Crippen molar-refractivity contribution < 1.29 is 13.9 Å². The highest BCUT2D eigenvalue weighted by Gasteiger charge is 2.66. The van der Waals surface area contributed by atoms with Crippen LogP contribution in [0, 0.1) is 17.2 Å². The van der Waals surface area contributed by atoms with Gasteiger partial charge in [0.2, 0.25) is 0 Å². The number of methoxy groups -OCH3 is 1. The quantitative estimate of drug-likeness (QED) is 0.649. The molecule has 3 aliphatic carbocycles. The van der Waals surface area contributed by atoms with Crippen LogP contribution >= 0.6 is 0 Å². The van der Waals surface area contributed by atoms with Gasteiger partial charge in [-0.15, -0.1) is 0 Å². The van der Waals surface area contributed by atoms with Crippen LogP contribution in [0.25, 0.3) is 0 Å². The van der Waals surface area contributed by atoms with Gasteiger partial charge in [0.15, 0.2) is 11.5 Å². The highest BCUT2D eigenvalue weighted by molar-refractivity contribution is 6.08. The van der Waals surface area contributed by atoms with Crippen LogP contribution in [-0.4, -0.2) is 30.0 Å². The summed E-state index contributed by atoms with van der Waals surface area (Å²) in [5, 5.41) is 0. The van der Waals surface area contributed by atoms with Gasteiger partial charge in [-0.05, 0) is 85.3 Å². The Labute approximate surface area is 206 Å². The maximum Gasteiger partial charge on any atom is 0.262 e. The number of fused-ring (bicyclic) bond motifs is 3. The number of nitrogens with zero attached hydrogens (tertiary/aromatic N) is 2. The monoisotopic (exact) mass is 475 g/mol. The summed E-state index contributed by atoms with van der Waals surface area (Å²) in [5.74, 6) is 0.716. The summed E-state index contributed by atoms with van der Waals surface area (Å²) in [7, 11) is 1.77. The van der Waals surface area contributed by atoms with Crippen LogP contribution in [0.15, 0.2) is 47.5 Å². The van der Waals surface area contributed by atoms with Gasteiger partial charge in [-0.2, -0.15) is 0 Å². The largest absolute Gasteiger partial charge is 0.381 e. The Balaban J connectivity index is 1.40. The second-order valence-corrected chi connectivity index (χ2v) is 11.1. The van der Waals surface area contributed by atoms with E-state index >= 15 is 0 Å². The topological polar surface area (TPSA) is 67.9 Å². The predicted octanol–water partition coefficient (Wildman–Crippen LogP) is 4.85. The summed E-state index contributed by atoms with van der Waals surface area (Å²) in [5.41, 5.74) is 9.42. The smallest absolute Gasteiger partial charge is 0.262 e. The summed E-state index contributed by atoms with van der Waals surface area (Å²) in [6, 6.07) is 13.1. The number of hydrogen-bond donors (Lipinski definition) is 1. The zero-order chi connectivity index (χ0) is 24.2. The molecule has 184 valence electrons. The first-order valence-electron chi connectivity index (χ1n) is 13.0. The third kappa shape index (κ3) is 3.68. The molecular weight excluding hydrogens is 441 g/mol. The van der Waals surface area contributed by atoms with Crippen LogP contribution in [0.2, 0.25) is 0 Å². The zero-order valence-corrected chi connectivity index (χ0v) is 20.4. The van der Waals surface area contributed by atoms with Gasteiger partial charge in [0.1, 0.15) is 5.82 Å². The number of ether oxygens (including phenoxy) is 1. The lowest BCUT2D eigenvalue weighted by Crippen LogP contribution is -2.52. The average molecular weight is 476 g/mol. The number of rotatable bonds is 6. The molecule has 1 aliphatic heterocycles. The lowest BCUT2D eigenvalue weighted by molar-refractivity contribution is -0.138. The van der Waals surface area contributed by atoms with Crippen molar-refractivity contribution in [3.63, 3.8) is 0 Å². The minimum Gasteiger partial charge on any atom is -0.381 e. The second kappa shape index (κ2) is 8.44. The Hall–Kier alpha value is -2.73. The van der Waals surface area contributed by atoms with Crippen LogP contribution in [0.3, 0.4) is 0 Å². The maximum atomic E-state index is 14.4. The molecule has 0 radical (unpaired) electrons. The normalized spacial score (nSPS) is 29.8. The lowest BCUT2D eigenvalue weighted by Gasteiger charge is -2.45. The number of nitrogens with two attached hydrogens (primary N) is 1. The molecule has 1 atom stereocenters. The molecule has 1 heterocycles. The maximum absolute atomic E-state index is 14.4. The molecule has 2 saturated carbocycles. The van der Waals surface area contributed by atoms with E-state index < -0.39 is 5.54 Å². The number of benzene rings is 2. The molecule has 2 aromatic carbocycles. The summed E-state index contributed by atoms with van der Waals surface area (Å²) >= 11 is 0. The van der Waals surface area contributed by atoms with Crippen molar-refractivity contribution >= 4 is 11.9 Å². The van der Waals surface area contributed by atoms with Crippen LogP contribution in [0.5, 0.6) is 0 Å². The summed E-state index contributed by atoms with van der Waals surface area (Å²) in [4.78, 5) is 21.0. The Morgan fingerprint density at radius 1 is 1.11 bits per heavy atom. The molecular formula is C29H34FN3O2. The molecule has 0 saturated heterocycles. The number of carbonyl (C=O) groups excluding carboxylic acids is 1. The van der Waals surface area contributed by atoms with Crippen molar-refractivity contribution in [1.82, 2.24) is 4.90 Å². The van der Waals surface area contributed by atoms with Crippen LogP contribution < -0.4 is 5.73 Å². The molecule has 1 unspecified atom stereocenters. The highest BCUT2D eigenvalue weighted by atomic mass is 19.1. The lowest BCUT2D eigenvalue weighted by atomic mass is 9.61. The van der Waals surface area contributed by atoms with Crippen molar-refractivity contribution in [3.8, 4) is 0 Å². The molecule has 2 aromatic rings. The van der Waals surface area contributed by atoms with Gasteiger partial charge in [0.25, 0.3) is 5.91 Å². The number of halogens is 1. The SMILES string of the molecule is COC1CCC2(CC1)Cc1ccc(CCC3CC3)cc1C21N=C(N)N(Cc2cccc(F)c2)C1=O. The zero-order valence-electron chi connectivity index (χ0n) is 20.4. The molecule has 6 rings (SSSR count). The van der Waals surface area contributed by atoms with Gasteiger partial charge in [0, 0.05) is 12.5 Å². The Bertz CT molecular complexity index is 1180. The highest BCUT2D eigenvalue weighted by Crippen LogP contribution is 2.62. The second-order valence-electron chi connectivity index (χ2n) is 11.1. The fourth-order valence-electron chi connectivity index (χ4n) is 6.81. The van der Waals surface area contributed by atoms with Crippen LogP contribution in [-0.2, 0) is 34.5 Å². The Morgan fingerprint density at radius 2 is 1.91 bits per heavy atom. The average Bonchev–Trinajstić information content (AvgIpc) is 3.61. The third-order valence-electron chi connectivity index (χ3n) is 8.96. The molecule has 2 N–H and O–H groups in total. The van der Waals surface area contributed by atoms with Crippen molar-refractivity contribution in [1.29, 1.82) is 0 Å². The van der Waals surface area contributed by atoms with Crippen molar-refractivity contribution in [2.75, 3.05) is 7.11 Å². The van der Waals surface area contributed by atoms with Gasteiger partial charge in [-0.3, -0.25) is 9.69 Å². The van der Waals surface area contributed by atoms with Crippen molar-refractivity contribution in [2.45, 2.75) is 76.0 Å². The van der Waals surface area contributed by atoms with Crippen LogP contribution in [0.4, 0.5) is 4.39 Å². The van der Waals surface area contributed by atoms with Crippen LogP contribution in [0.1, 0.15) is 67.2 Å². The summed E-state index contributed by atoms with van der Waals surface area (Å²) in [6.07, 6.45) is 9.53. The van der Waals surface area contributed by atoms with E-state index in [1.54, 1.807) is 18.1 Å². The molecule has 1 amide bonds. The van der Waals surface area contributed by atoms with E-state index in [0.29, 0.717) is 5.56 Å². The van der Waals surface area contributed by atoms with E-state index in [1.807, 2.05) is 6.07 Å². The number of aryl methyl sites for hydroxylation is 1. The Kier molecular flexibility index (Phi) is 5.48. The third-order valence-corrected chi connectivity index (χ3v) is 8.96. The van der Waals surface area contributed by atoms with Gasteiger partial charge in [-0.1, -0.05) is 43.2 Å². The molecule has 5 nitrogen and oxygen atoms in total. The van der Waals surface area contributed by atoms with E-state index in [9.17, 15) is 9.18 Å². The van der Waals surface area contributed by atoms with E-state index in [2.05, 4.69) is 18.2 Å². The van der Waals surface area contributed by atoms with Gasteiger partial charge in [0.05, 0.1) is 12.6 Å². The van der Waals surface area contributed by atoms with E-state index in [1.165, 1.54) is 42.5 Å². The standard InChI is InChI=1S/C29H34FN3O2/c1-35-24-11-13-28(14-12-24)17-22-10-9-20(8-7-19-5-6-19)16-25(22)29(28)26(34)33(27(31)32-29)18-21-3-2-4-23(30)15-21/h2-4,9-10,15-16,19,24H,5-8,11-14,17-18H2,1H3,(H2,31,32). The van der Waals surface area contributed by atoms with E-state index in [-0.39, 0.29) is 35.7 Å². The van der Waals surface area contributed by atoms with Crippen molar-refractivity contribution in [2.24, 2.45) is 22.1 Å². The first-order chi connectivity index (χ1) is 16.9. The van der Waals surface area contributed by atoms with E-state index in [4.69, 9.17) is 15.5 Å². The van der Waals surface area contributed by atoms with E-state index in [0.717, 1.165) is 50.0 Å². The predicted molar refractivity (Wildman–Crippen MR) is 133 cm³/mol. The molecule has 6 heteroatoms. The molecule has 2 spiro atoms. The van der Waals surface area contributed by atoms with Gasteiger partial charge < -0.3 is 10.5 Å². The van der Waals surface area contributed by atoms with Crippen molar-refractivity contribution in [3.05, 3.63) is 70.5 Å². The minimum absolute atomic E-state index is 0.0618. The fourth-order valence-corrected chi connectivity index (χ4v) is 6.81. The first kappa shape index (κ1) is 22.7.